The molecule has 0 bridgehead atoms. The van der Waals surface area contributed by atoms with Crippen molar-refractivity contribution < 1.29 is 14.7 Å². The number of carboxylic acid groups (broad SMARTS) is 1. The van der Waals surface area contributed by atoms with Gasteiger partial charge in [-0.25, -0.2) is 14.6 Å². The van der Waals surface area contributed by atoms with Gasteiger partial charge in [-0.2, -0.15) is 0 Å². The first kappa shape index (κ1) is 14.4. The molecule has 1 aliphatic rings. The maximum atomic E-state index is 11.7. The normalized spacial score (nSPS) is 16.8. The van der Waals surface area contributed by atoms with Gasteiger partial charge in [0.05, 0.1) is 6.33 Å². The van der Waals surface area contributed by atoms with E-state index in [2.05, 4.69) is 20.6 Å². The van der Waals surface area contributed by atoms with E-state index in [0.717, 1.165) is 12.8 Å². The molecule has 0 spiro atoms. The Morgan fingerprint density at radius 1 is 1.45 bits per heavy atom. The SMILES string of the molecule is O=C(NCC1CCCC1)N[C@@H](Cc1cnc[nH]1)C(=O)O. The molecule has 1 aromatic rings. The molecule has 110 valence electrons. The number of aliphatic carboxylic acids is 1. The highest BCUT2D eigenvalue weighted by molar-refractivity contribution is 5.82. The molecule has 0 aromatic carbocycles. The van der Waals surface area contributed by atoms with Crippen LogP contribution in [0.5, 0.6) is 0 Å². The Hall–Kier alpha value is -2.05. The zero-order chi connectivity index (χ0) is 14.4. The number of amides is 2. The van der Waals surface area contributed by atoms with Gasteiger partial charge in [0, 0.05) is 24.9 Å². The monoisotopic (exact) mass is 280 g/mol. The summed E-state index contributed by atoms with van der Waals surface area (Å²) in [5.74, 6) is -0.535. The van der Waals surface area contributed by atoms with Crippen molar-refractivity contribution in [1.82, 2.24) is 20.6 Å². The van der Waals surface area contributed by atoms with Crippen LogP contribution in [0, 0.1) is 5.92 Å². The predicted molar refractivity (Wildman–Crippen MR) is 72.2 cm³/mol. The summed E-state index contributed by atoms with van der Waals surface area (Å²) in [7, 11) is 0. The minimum Gasteiger partial charge on any atom is -0.480 e. The molecule has 1 saturated carbocycles. The summed E-state index contributed by atoms with van der Waals surface area (Å²) in [6, 6.07) is -1.39. The van der Waals surface area contributed by atoms with E-state index in [1.165, 1.54) is 19.2 Å². The zero-order valence-corrected chi connectivity index (χ0v) is 11.3. The third kappa shape index (κ3) is 4.25. The van der Waals surface area contributed by atoms with Gasteiger partial charge in [0.1, 0.15) is 6.04 Å². The average molecular weight is 280 g/mol. The number of urea groups is 1. The minimum atomic E-state index is -1.06. The van der Waals surface area contributed by atoms with Crippen LogP contribution in [0.25, 0.3) is 0 Å². The van der Waals surface area contributed by atoms with Crippen LogP contribution in [0.2, 0.25) is 0 Å². The molecular formula is C13H20N4O3. The van der Waals surface area contributed by atoms with Gasteiger partial charge >= 0.3 is 12.0 Å². The van der Waals surface area contributed by atoms with Crippen LogP contribution in [-0.4, -0.2) is 39.7 Å². The fraction of sp³-hybridized carbons (Fsp3) is 0.615. The number of carbonyl (C=O) groups is 2. The molecule has 0 saturated heterocycles. The number of hydrogen-bond acceptors (Lipinski definition) is 3. The van der Waals surface area contributed by atoms with E-state index in [0.29, 0.717) is 18.2 Å². The van der Waals surface area contributed by atoms with Crippen LogP contribution in [0.1, 0.15) is 31.4 Å². The Balaban J connectivity index is 1.78. The lowest BCUT2D eigenvalue weighted by Gasteiger charge is -2.16. The maximum absolute atomic E-state index is 11.7. The Kier molecular flexibility index (Phi) is 4.97. The molecule has 1 atom stereocenters. The van der Waals surface area contributed by atoms with Crippen molar-refractivity contribution in [2.24, 2.45) is 5.92 Å². The Morgan fingerprint density at radius 2 is 2.20 bits per heavy atom. The van der Waals surface area contributed by atoms with Crippen LogP contribution in [0.15, 0.2) is 12.5 Å². The summed E-state index contributed by atoms with van der Waals surface area (Å²) < 4.78 is 0. The highest BCUT2D eigenvalue weighted by atomic mass is 16.4. The second kappa shape index (κ2) is 6.93. The Morgan fingerprint density at radius 3 is 2.80 bits per heavy atom. The number of carbonyl (C=O) groups excluding carboxylic acids is 1. The van der Waals surface area contributed by atoms with Gasteiger partial charge in [0.15, 0.2) is 0 Å². The number of imidazole rings is 1. The number of H-pyrrole nitrogens is 1. The molecule has 4 N–H and O–H groups in total. The highest BCUT2D eigenvalue weighted by Crippen LogP contribution is 2.23. The highest BCUT2D eigenvalue weighted by Gasteiger charge is 2.22. The number of carboxylic acids is 1. The van der Waals surface area contributed by atoms with Crippen LogP contribution < -0.4 is 10.6 Å². The third-order valence-corrected chi connectivity index (χ3v) is 3.61. The molecule has 2 rings (SSSR count). The van der Waals surface area contributed by atoms with Gasteiger partial charge in [0.25, 0.3) is 0 Å². The van der Waals surface area contributed by atoms with E-state index in [1.807, 2.05) is 0 Å². The summed E-state index contributed by atoms with van der Waals surface area (Å²) >= 11 is 0. The smallest absolute Gasteiger partial charge is 0.326 e. The average Bonchev–Trinajstić information content (AvgIpc) is 3.08. The second-order valence-electron chi connectivity index (χ2n) is 5.18. The first-order valence-electron chi connectivity index (χ1n) is 6.89. The van der Waals surface area contributed by atoms with Crippen molar-refractivity contribution in [2.75, 3.05) is 6.54 Å². The third-order valence-electron chi connectivity index (χ3n) is 3.61. The lowest BCUT2D eigenvalue weighted by atomic mass is 10.1. The quantitative estimate of drug-likeness (QED) is 0.621. The summed E-state index contributed by atoms with van der Waals surface area (Å²) in [4.78, 5) is 29.5. The topological polar surface area (TPSA) is 107 Å². The van der Waals surface area contributed by atoms with E-state index in [9.17, 15) is 9.59 Å². The van der Waals surface area contributed by atoms with E-state index in [4.69, 9.17) is 5.11 Å². The van der Waals surface area contributed by atoms with Crippen molar-refractivity contribution in [3.8, 4) is 0 Å². The Bertz CT molecular complexity index is 440. The van der Waals surface area contributed by atoms with E-state index in [-0.39, 0.29) is 6.42 Å². The molecule has 7 nitrogen and oxygen atoms in total. The number of aromatic amines is 1. The van der Waals surface area contributed by atoms with Crippen LogP contribution in [-0.2, 0) is 11.2 Å². The number of nitrogens with one attached hydrogen (secondary N) is 3. The molecule has 1 fully saturated rings. The minimum absolute atomic E-state index is 0.187. The van der Waals surface area contributed by atoms with Gasteiger partial charge in [-0.3, -0.25) is 0 Å². The van der Waals surface area contributed by atoms with Gasteiger partial charge in [-0.15, -0.1) is 0 Å². The molecule has 0 aliphatic heterocycles. The van der Waals surface area contributed by atoms with Gasteiger partial charge in [-0.1, -0.05) is 12.8 Å². The standard InChI is InChI=1S/C13H20N4O3/c18-12(19)11(5-10-7-14-8-16-10)17-13(20)15-6-9-3-1-2-4-9/h7-9,11H,1-6H2,(H,14,16)(H,18,19)(H2,15,17,20)/t11-/m0/s1. The number of hydrogen-bond donors (Lipinski definition) is 4. The van der Waals surface area contributed by atoms with E-state index < -0.39 is 18.0 Å². The van der Waals surface area contributed by atoms with E-state index in [1.54, 1.807) is 6.20 Å². The van der Waals surface area contributed by atoms with Crippen molar-refractivity contribution >= 4 is 12.0 Å². The van der Waals surface area contributed by atoms with Crippen molar-refractivity contribution in [3.63, 3.8) is 0 Å². The van der Waals surface area contributed by atoms with Crippen LogP contribution in [0.4, 0.5) is 4.79 Å². The molecule has 1 aromatic heterocycles. The second-order valence-corrected chi connectivity index (χ2v) is 5.18. The largest absolute Gasteiger partial charge is 0.480 e. The molecule has 1 aliphatic carbocycles. The number of nitrogens with zero attached hydrogens (tertiary/aromatic N) is 1. The Labute approximate surface area is 117 Å². The number of rotatable bonds is 6. The summed E-state index contributed by atoms with van der Waals surface area (Å²) in [6.45, 7) is 0.613. The molecule has 0 radical (unpaired) electrons. The predicted octanol–water partition coefficient (Wildman–Crippen LogP) is 0.895. The molecule has 1 heterocycles. The van der Waals surface area contributed by atoms with Crippen LogP contribution in [0.3, 0.4) is 0 Å². The summed E-state index contributed by atoms with van der Waals surface area (Å²) in [5, 5.41) is 14.4. The van der Waals surface area contributed by atoms with Gasteiger partial charge < -0.3 is 20.7 Å². The fourth-order valence-electron chi connectivity index (χ4n) is 2.48. The number of aromatic nitrogens is 2. The fourth-order valence-corrected chi connectivity index (χ4v) is 2.48. The lowest BCUT2D eigenvalue weighted by Crippen LogP contribution is -2.48. The van der Waals surface area contributed by atoms with E-state index >= 15 is 0 Å². The molecule has 0 unspecified atom stereocenters. The molecule has 7 heteroatoms. The maximum Gasteiger partial charge on any atom is 0.326 e. The van der Waals surface area contributed by atoms with Gasteiger partial charge in [-0.05, 0) is 18.8 Å². The summed E-state index contributed by atoms with van der Waals surface area (Å²) in [6.07, 6.45) is 7.92. The molecule has 2 amide bonds. The lowest BCUT2D eigenvalue weighted by molar-refractivity contribution is -0.139. The molecular weight excluding hydrogens is 260 g/mol. The first-order valence-corrected chi connectivity index (χ1v) is 6.89. The van der Waals surface area contributed by atoms with Crippen molar-refractivity contribution in [2.45, 2.75) is 38.1 Å². The van der Waals surface area contributed by atoms with Crippen molar-refractivity contribution in [1.29, 1.82) is 0 Å². The molecule has 20 heavy (non-hydrogen) atoms. The summed E-state index contributed by atoms with van der Waals surface area (Å²) in [5.41, 5.74) is 0.675. The zero-order valence-electron chi connectivity index (χ0n) is 11.3. The van der Waals surface area contributed by atoms with Crippen molar-refractivity contribution in [3.05, 3.63) is 18.2 Å². The van der Waals surface area contributed by atoms with Gasteiger partial charge in [0.2, 0.25) is 0 Å². The van der Waals surface area contributed by atoms with Crippen LogP contribution >= 0.6 is 0 Å². The first-order chi connectivity index (χ1) is 9.65.